The maximum atomic E-state index is 5.85. The summed E-state index contributed by atoms with van der Waals surface area (Å²) in [5, 5.41) is 0. The number of unbranched alkanes of at least 4 members (excludes halogenated alkanes) is 4. The van der Waals surface area contributed by atoms with E-state index < -0.39 is 0 Å². The van der Waals surface area contributed by atoms with E-state index in [2.05, 4.69) is 23.8 Å². The molecule has 0 aliphatic rings. The minimum Gasteiger partial charge on any atom is -0.477 e. The van der Waals surface area contributed by atoms with Crippen molar-refractivity contribution in [1.29, 1.82) is 0 Å². The lowest BCUT2D eigenvalue weighted by Gasteiger charge is -2.10. The molecule has 0 bridgehead atoms. The highest BCUT2D eigenvalue weighted by atomic mass is 16.5. The second-order valence-electron chi connectivity index (χ2n) is 4.56. The van der Waals surface area contributed by atoms with Gasteiger partial charge in [0, 0.05) is 0 Å². The first-order chi connectivity index (χ1) is 8.79. The normalized spacial score (nSPS) is 10.6. The number of nitrogen functional groups attached to an aromatic ring is 1. The highest BCUT2D eigenvalue weighted by Crippen LogP contribution is 2.21. The molecule has 0 aliphatic carbocycles. The molecule has 0 saturated carbocycles. The molecule has 0 atom stereocenters. The van der Waals surface area contributed by atoms with Crippen molar-refractivity contribution in [3.63, 3.8) is 0 Å². The van der Waals surface area contributed by atoms with Crippen molar-refractivity contribution in [3.8, 4) is 5.88 Å². The highest BCUT2D eigenvalue weighted by molar-refractivity contribution is 5.44. The van der Waals surface area contributed by atoms with Gasteiger partial charge in [-0.15, -0.1) is 0 Å². The molecule has 0 aliphatic heterocycles. The van der Waals surface area contributed by atoms with Crippen LogP contribution in [-0.4, -0.2) is 16.6 Å². The Labute approximate surface area is 110 Å². The second kappa shape index (κ2) is 8.72. The summed E-state index contributed by atoms with van der Waals surface area (Å²) in [7, 11) is 0. The van der Waals surface area contributed by atoms with Gasteiger partial charge in [0.25, 0.3) is 0 Å². The van der Waals surface area contributed by atoms with Crippen LogP contribution in [0.4, 0.5) is 5.82 Å². The number of rotatable bonds is 9. The summed E-state index contributed by atoms with van der Waals surface area (Å²) in [4.78, 5) is 8.19. The molecule has 2 N–H and O–H groups in total. The van der Waals surface area contributed by atoms with Crippen molar-refractivity contribution in [3.05, 3.63) is 11.9 Å². The lowest BCUT2D eigenvalue weighted by molar-refractivity contribution is 0.290. The van der Waals surface area contributed by atoms with E-state index in [4.69, 9.17) is 10.5 Å². The van der Waals surface area contributed by atoms with E-state index in [9.17, 15) is 0 Å². The summed E-state index contributed by atoms with van der Waals surface area (Å²) < 4.78 is 5.72. The van der Waals surface area contributed by atoms with E-state index in [0.717, 1.165) is 31.4 Å². The van der Waals surface area contributed by atoms with Gasteiger partial charge in [-0.1, -0.05) is 46.0 Å². The molecule has 0 aromatic carbocycles. The Morgan fingerprint density at radius 3 is 2.56 bits per heavy atom. The summed E-state index contributed by atoms with van der Waals surface area (Å²) in [6.45, 7) is 5.05. The van der Waals surface area contributed by atoms with Crippen LogP contribution in [0, 0.1) is 0 Å². The van der Waals surface area contributed by atoms with Crippen molar-refractivity contribution in [2.75, 3.05) is 12.3 Å². The highest BCUT2D eigenvalue weighted by Gasteiger charge is 2.09. The maximum absolute atomic E-state index is 5.85. The molecule has 1 rings (SSSR count). The van der Waals surface area contributed by atoms with Gasteiger partial charge in [0.05, 0.1) is 12.2 Å². The number of anilines is 1. The van der Waals surface area contributed by atoms with Crippen molar-refractivity contribution in [2.45, 2.75) is 58.8 Å². The molecule has 0 amide bonds. The molecule has 18 heavy (non-hydrogen) atoms. The number of ether oxygens (including phenoxy) is 1. The Morgan fingerprint density at radius 2 is 1.83 bits per heavy atom. The minimum atomic E-state index is 0.549. The zero-order valence-corrected chi connectivity index (χ0v) is 11.6. The molecule has 1 heterocycles. The molecule has 0 spiro atoms. The number of hydrogen-bond acceptors (Lipinski definition) is 4. The summed E-state index contributed by atoms with van der Waals surface area (Å²) >= 11 is 0. The summed E-state index contributed by atoms with van der Waals surface area (Å²) in [6.07, 6.45) is 9.52. The van der Waals surface area contributed by atoms with Gasteiger partial charge >= 0.3 is 0 Å². The third-order valence-corrected chi connectivity index (χ3v) is 2.93. The molecule has 0 unspecified atom stereocenters. The molecule has 0 radical (unpaired) electrons. The van der Waals surface area contributed by atoms with Crippen molar-refractivity contribution >= 4 is 5.82 Å². The lowest BCUT2D eigenvalue weighted by Crippen LogP contribution is -2.06. The fourth-order valence-corrected chi connectivity index (χ4v) is 1.89. The average molecular weight is 251 g/mol. The summed E-state index contributed by atoms with van der Waals surface area (Å²) in [6, 6.07) is 0. The number of nitrogens with zero attached hydrogens (tertiary/aromatic N) is 2. The minimum absolute atomic E-state index is 0.549. The Balaban J connectivity index is 2.39. The topological polar surface area (TPSA) is 61.0 Å². The van der Waals surface area contributed by atoms with Gasteiger partial charge in [-0.3, -0.25) is 0 Å². The van der Waals surface area contributed by atoms with E-state index in [1.807, 2.05) is 0 Å². The monoisotopic (exact) mass is 251 g/mol. The van der Waals surface area contributed by atoms with Crippen LogP contribution >= 0.6 is 0 Å². The van der Waals surface area contributed by atoms with Crippen LogP contribution in [0.15, 0.2) is 6.33 Å². The van der Waals surface area contributed by atoms with Crippen LogP contribution in [0.3, 0.4) is 0 Å². The van der Waals surface area contributed by atoms with Crippen LogP contribution in [-0.2, 0) is 6.42 Å². The van der Waals surface area contributed by atoms with Gasteiger partial charge in [-0.2, -0.15) is 0 Å². The van der Waals surface area contributed by atoms with Crippen LogP contribution in [0.25, 0.3) is 0 Å². The predicted octanol–water partition coefficient (Wildman–Crippen LogP) is 3.36. The standard InChI is InChI=1S/C14H25N3O/c1-3-5-6-7-8-10-18-14-12(9-4-2)13(15)16-11-17-14/h11H,3-10H2,1-2H3,(H2,15,16,17). The summed E-state index contributed by atoms with van der Waals surface area (Å²) in [5.41, 5.74) is 6.80. The predicted molar refractivity (Wildman–Crippen MR) is 74.7 cm³/mol. The first-order valence-electron chi connectivity index (χ1n) is 7.01. The molecular weight excluding hydrogens is 226 g/mol. The zero-order valence-electron chi connectivity index (χ0n) is 11.6. The quantitative estimate of drug-likeness (QED) is 0.684. The van der Waals surface area contributed by atoms with Crippen LogP contribution in [0.1, 0.15) is 57.9 Å². The van der Waals surface area contributed by atoms with E-state index in [0.29, 0.717) is 11.7 Å². The van der Waals surface area contributed by atoms with Gasteiger partial charge in [0.1, 0.15) is 12.1 Å². The maximum Gasteiger partial charge on any atom is 0.221 e. The first kappa shape index (κ1) is 14.7. The third kappa shape index (κ3) is 4.90. The molecule has 0 fully saturated rings. The Bertz CT molecular complexity index is 342. The molecule has 4 heteroatoms. The van der Waals surface area contributed by atoms with E-state index in [-0.39, 0.29) is 0 Å². The summed E-state index contributed by atoms with van der Waals surface area (Å²) in [5.74, 6) is 1.22. The second-order valence-corrected chi connectivity index (χ2v) is 4.56. The Hall–Kier alpha value is -1.32. The largest absolute Gasteiger partial charge is 0.477 e. The average Bonchev–Trinajstić information content (AvgIpc) is 2.37. The van der Waals surface area contributed by atoms with Crippen LogP contribution in [0.2, 0.25) is 0 Å². The van der Waals surface area contributed by atoms with Crippen molar-refractivity contribution in [1.82, 2.24) is 9.97 Å². The number of aromatic nitrogens is 2. The number of nitrogens with two attached hydrogens (primary N) is 1. The smallest absolute Gasteiger partial charge is 0.221 e. The molecule has 0 saturated heterocycles. The fourth-order valence-electron chi connectivity index (χ4n) is 1.89. The first-order valence-corrected chi connectivity index (χ1v) is 7.01. The molecule has 102 valence electrons. The van der Waals surface area contributed by atoms with Gasteiger partial charge in [-0.25, -0.2) is 9.97 Å². The molecular formula is C14H25N3O. The SMILES string of the molecule is CCCCCCCOc1ncnc(N)c1CCC. The van der Waals surface area contributed by atoms with E-state index in [1.54, 1.807) is 0 Å². The van der Waals surface area contributed by atoms with Gasteiger partial charge < -0.3 is 10.5 Å². The van der Waals surface area contributed by atoms with Crippen molar-refractivity contribution < 1.29 is 4.74 Å². The Kier molecular flexibility index (Phi) is 7.14. The lowest BCUT2D eigenvalue weighted by atomic mass is 10.1. The van der Waals surface area contributed by atoms with Crippen LogP contribution in [0.5, 0.6) is 5.88 Å². The van der Waals surface area contributed by atoms with Crippen LogP contribution < -0.4 is 10.5 Å². The van der Waals surface area contributed by atoms with Gasteiger partial charge in [0.2, 0.25) is 5.88 Å². The van der Waals surface area contributed by atoms with E-state index >= 15 is 0 Å². The third-order valence-electron chi connectivity index (χ3n) is 2.93. The van der Waals surface area contributed by atoms with Gasteiger partial charge in [0.15, 0.2) is 0 Å². The van der Waals surface area contributed by atoms with E-state index in [1.165, 1.54) is 32.0 Å². The Morgan fingerprint density at radius 1 is 1.06 bits per heavy atom. The zero-order chi connectivity index (χ0) is 13.2. The molecule has 1 aromatic rings. The van der Waals surface area contributed by atoms with Crippen molar-refractivity contribution in [2.24, 2.45) is 0 Å². The van der Waals surface area contributed by atoms with Gasteiger partial charge in [-0.05, 0) is 12.8 Å². The fraction of sp³-hybridized carbons (Fsp3) is 0.714. The molecule has 4 nitrogen and oxygen atoms in total. The molecule has 1 aromatic heterocycles. The number of hydrogen-bond donors (Lipinski definition) is 1.